The van der Waals surface area contributed by atoms with Crippen LogP contribution in [0.25, 0.3) is 88.4 Å². The third-order valence-corrected chi connectivity index (χ3v) is 11.2. The van der Waals surface area contributed by atoms with Crippen LogP contribution < -0.4 is 0 Å². The first-order valence-corrected chi connectivity index (χ1v) is 18.8. The molecule has 2 atom stereocenters. The zero-order chi connectivity index (χ0) is 36.5. The average Bonchev–Trinajstić information content (AvgIpc) is 3.75. The lowest BCUT2D eigenvalue weighted by atomic mass is 9.94. The molecular weight excluding hydrogens is 673 g/mol. The van der Waals surface area contributed by atoms with Crippen molar-refractivity contribution >= 4 is 66.2 Å². The SMILES string of the molecule is CC1C(c2nc(-c3ccccc3)nc(-c3cccc4ccccc34)n2)=CC=NC1n1c2ccccc2c2cc3c4ccccc4n(-c4ccccc4)c3cc21. The highest BCUT2D eigenvalue weighted by atomic mass is 15.2. The number of benzene rings is 7. The highest BCUT2D eigenvalue weighted by Gasteiger charge is 2.30. The van der Waals surface area contributed by atoms with Gasteiger partial charge in [-0.15, -0.1) is 0 Å². The zero-order valence-corrected chi connectivity index (χ0v) is 30.1. The summed E-state index contributed by atoms with van der Waals surface area (Å²) in [5, 5.41) is 7.14. The minimum Gasteiger partial charge on any atom is -0.317 e. The highest BCUT2D eigenvalue weighted by Crippen LogP contribution is 2.43. The fourth-order valence-corrected chi connectivity index (χ4v) is 8.58. The first-order valence-electron chi connectivity index (χ1n) is 18.8. The van der Waals surface area contributed by atoms with Crippen LogP contribution >= 0.6 is 0 Å². The van der Waals surface area contributed by atoms with Crippen LogP contribution in [0, 0.1) is 5.92 Å². The molecule has 0 aliphatic carbocycles. The quantitative estimate of drug-likeness (QED) is 0.179. The minimum atomic E-state index is -0.243. The number of rotatable bonds is 5. The monoisotopic (exact) mass is 706 g/mol. The molecule has 0 saturated carbocycles. The summed E-state index contributed by atoms with van der Waals surface area (Å²) in [5.74, 6) is 1.90. The molecule has 3 aromatic heterocycles. The Labute approximate surface area is 317 Å². The molecule has 11 rings (SSSR count). The van der Waals surface area contributed by atoms with Crippen molar-refractivity contribution in [3.05, 3.63) is 176 Å². The van der Waals surface area contributed by atoms with E-state index in [1.165, 1.54) is 27.1 Å². The van der Waals surface area contributed by atoms with E-state index in [9.17, 15) is 0 Å². The fraction of sp³-hybridized carbons (Fsp3) is 0.0612. The molecule has 2 unspecified atom stereocenters. The Kier molecular flexibility index (Phi) is 7.10. The molecule has 10 aromatic rings. The van der Waals surface area contributed by atoms with Gasteiger partial charge in [-0.25, -0.2) is 15.0 Å². The second kappa shape index (κ2) is 12.5. The van der Waals surface area contributed by atoms with Crippen LogP contribution in [0.15, 0.2) is 175 Å². The first kappa shape index (κ1) is 31.4. The van der Waals surface area contributed by atoms with E-state index in [-0.39, 0.29) is 12.1 Å². The van der Waals surface area contributed by atoms with Crippen LogP contribution in [0.4, 0.5) is 0 Å². The number of hydrogen-bond acceptors (Lipinski definition) is 4. The summed E-state index contributed by atoms with van der Waals surface area (Å²) in [6, 6.07) is 57.7. The lowest BCUT2D eigenvalue weighted by Crippen LogP contribution is -2.21. The largest absolute Gasteiger partial charge is 0.317 e. The molecule has 0 saturated heterocycles. The molecular formula is C49H34N6. The minimum absolute atomic E-state index is 0.0638. The average molecular weight is 707 g/mol. The third kappa shape index (κ3) is 4.95. The van der Waals surface area contributed by atoms with Crippen LogP contribution in [0.3, 0.4) is 0 Å². The Morgan fingerprint density at radius 3 is 1.91 bits per heavy atom. The Bertz CT molecular complexity index is 3170. The Balaban J connectivity index is 1.11. The molecule has 0 radical (unpaired) electrons. The van der Waals surface area contributed by atoms with Crippen molar-refractivity contribution in [2.45, 2.75) is 13.1 Å². The van der Waals surface area contributed by atoms with Crippen molar-refractivity contribution in [3.63, 3.8) is 0 Å². The number of fused-ring (bicyclic) bond motifs is 7. The predicted molar refractivity (Wildman–Crippen MR) is 227 cm³/mol. The number of aromatic nitrogens is 5. The first-order chi connectivity index (χ1) is 27.2. The molecule has 55 heavy (non-hydrogen) atoms. The van der Waals surface area contributed by atoms with Gasteiger partial charge in [-0.05, 0) is 53.2 Å². The van der Waals surface area contributed by atoms with Gasteiger partial charge in [0.15, 0.2) is 17.5 Å². The summed E-state index contributed by atoms with van der Waals surface area (Å²) in [6.45, 7) is 2.25. The van der Waals surface area contributed by atoms with E-state index in [1.807, 2.05) is 24.4 Å². The highest BCUT2D eigenvalue weighted by molar-refractivity contribution is 6.18. The fourth-order valence-electron chi connectivity index (χ4n) is 8.58. The van der Waals surface area contributed by atoms with E-state index in [0.717, 1.165) is 49.7 Å². The van der Waals surface area contributed by atoms with Gasteiger partial charge in [0.2, 0.25) is 0 Å². The van der Waals surface area contributed by atoms with E-state index in [2.05, 4.69) is 168 Å². The maximum atomic E-state index is 5.24. The van der Waals surface area contributed by atoms with Crippen LogP contribution in [-0.2, 0) is 0 Å². The van der Waals surface area contributed by atoms with Crippen molar-refractivity contribution in [1.29, 1.82) is 0 Å². The van der Waals surface area contributed by atoms with Crippen LogP contribution in [0.2, 0.25) is 0 Å². The zero-order valence-electron chi connectivity index (χ0n) is 30.1. The van der Waals surface area contributed by atoms with Crippen molar-refractivity contribution in [2.24, 2.45) is 10.9 Å². The molecule has 4 heterocycles. The molecule has 7 aromatic carbocycles. The Morgan fingerprint density at radius 1 is 0.473 bits per heavy atom. The van der Waals surface area contributed by atoms with E-state index in [1.54, 1.807) is 0 Å². The summed E-state index contributed by atoms with van der Waals surface area (Å²) in [7, 11) is 0. The Hall–Kier alpha value is -7.18. The van der Waals surface area contributed by atoms with Crippen LogP contribution in [0.1, 0.15) is 18.9 Å². The molecule has 260 valence electrons. The number of allylic oxidation sites excluding steroid dienone is 1. The van der Waals surface area contributed by atoms with E-state index < -0.39 is 0 Å². The topological polar surface area (TPSA) is 60.9 Å². The molecule has 1 aliphatic rings. The Morgan fingerprint density at radius 2 is 1.09 bits per heavy atom. The van der Waals surface area contributed by atoms with Crippen LogP contribution in [0.5, 0.6) is 0 Å². The second-order valence-corrected chi connectivity index (χ2v) is 14.3. The molecule has 0 amide bonds. The number of aliphatic imine (C=N–C) groups is 1. The number of hydrogen-bond donors (Lipinski definition) is 0. The second-order valence-electron chi connectivity index (χ2n) is 14.3. The third-order valence-electron chi connectivity index (χ3n) is 11.2. The molecule has 0 fully saturated rings. The van der Waals surface area contributed by atoms with Crippen molar-refractivity contribution in [1.82, 2.24) is 24.1 Å². The van der Waals surface area contributed by atoms with Crippen LogP contribution in [-0.4, -0.2) is 30.3 Å². The predicted octanol–water partition coefficient (Wildman–Crippen LogP) is 11.9. The van der Waals surface area contributed by atoms with Gasteiger partial charge in [-0.3, -0.25) is 4.99 Å². The molecule has 0 bridgehead atoms. The maximum absolute atomic E-state index is 5.24. The van der Waals surface area contributed by atoms with Gasteiger partial charge in [-0.2, -0.15) is 0 Å². The summed E-state index contributed by atoms with van der Waals surface area (Å²) in [5.41, 5.74) is 8.72. The van der Waals surface area contributed by atoms with Gasteiger partial charge < -0.3 is 9.13 Å². The van der Waals surface area contributed by atoms with Crippen molar-refractivity contribution in [2.75, 3.05) is 0 Å². The normalized spacial score (nSPS) is 15.8. The maximum Gasteiger partial charge on any atom is 0.164 e. The standard InChI is InChI=1S/C49H34N6/c1-31-35(47-51-46(33-16-4-2-5-17-33)52-48(53-47)39-24-14-18-32-15-8-9-21-36(32)39)27-28-50-49(31)55-43-26-13-11-23-38(43)41-29-40-37-22-10-12-25-42(37)54(44(40)30-45(41)55)34-19-6-3-7-20-34/h2-31,49H,1H3. The lowest BCUT2D eigenvalue weighted by Gasteiger charge is -2.28. The summed E-state index contributed by atoms with van der Waals surface area (Å²) in [4.78, 5) is 20.7. The van der Waals surface area contributed by atoms with E-state index in [0.29, 0.717) is 17.5 Å². The summed E-state index contributed by atoms with van der Waals surface area (Å²) in [6.07, 6.45) is 3.77. The van der Waals surface area contributed by atoms with Gasteiger partial charge in [0.05, 0.1) is 22.1 Å². The van der Waals surface area contributed by atoms with E-state index >= 15 is 0 Å². The van der Waals surface area contributed by atoms with Crippen molar-refractivity contribution in [3.8, 4) is 28.5 Å². The van der Waals surface area contributed by atoms with E-state index in [4.69, 9.17) is 19.9 Å². The molecule has 0 N–H and O–H groups in total. The molecule has 6 nitrogen and oxygen atoms in total. The number of para-hydroxylation sites is 3. The van der Waals surface area contributed by atoms with Gasteiger partial charge in [0.1, 0.15) is 6.17 Å². The van der Waals surface area contributed by atoms with Gasteiger partial charge in [0.25, 0.3) is 0 Å². The number of dihydropyridines is 1. The molecule has 6 heteroatoms. The number of nitrogens with zero attached hydrogens (tertiary/aromatic N) is 6. The molecule has 1 aliphatic heterocycles. The summed E-state index contributed by atoms with van der Waals surface area (Å²) < 4.78 is 4.81. The lowest BCUT2D eigenvalue weighted by molar-refractivity contribution is 0.454. The van der Waals surface area contributed by atoms with Gasteiger partial charge in [-0.1, -0.05) is 134 Å². The van der Waals surface area contributed by atoms with Gasteiger partial charge in [0, 0.05) is 56.1 Å². The molecule has 0 spiro atoms. The smallest absolute Gasteiger partial charge is 0.164 e. The van der Waals surface area contributed by atoms with Gasteiger partial charge >= 0.3 is 0 Å². The van der Waals surface area contributed by atoms with Crippen molar-refractivity contribution < 1.29 is 0 Å². The summed E-state index contributed by atoms with van der Waals surface area (Å²) >= 11 is 0.